The predicted octanol–water partition coefficient (Wildman–Crippen LogP) is 2.16. The number of nitrogens with zero attached hydrogens (tertiary/aromatic N) is 2. The molecular weight excluding hydrogens is 306 g/mol. The van der Waals surface area contributed by atoms with Crippen LogP contribution < -0.4 is 5.32 Å². The lowest BCUT2D eigenvalue weighted by molar-refractivity contribution is -0.134. The largest absolute Gasteiger partial charge is 0.341 e. The highest BCUT2D eigenvalue weighted by Crippen LogP contribution is 2.24. The SMILES string of the molecule is CC1CC(N(C)C(=O)C2CSCN2)CCN1Cc1ccccc1. The van der Waals surface area contributed by atoms with Gasteiger partial charge >= 0.3 is 0 Å². The minimum Gasteiger partial charge on any atom is -0.341 e. The maximum Gasteiger partial charge on any atom is 0.240 e. The third-order valence-electron chi connectivity index (χ3n) is 5.12. The Balaban J connectivity index is 1.54. The lowest BCUT2D eigenvalue weighted by atomic mass is 9.96. The highest BCUT2D eigenvalue weighted by atomic mass is 32.2. The van der Waals surface area contributed by atoms with E-state index in [1.165, 1.54) is 5.56 Å². The van der Waals surface area contributed by atoms with Gasteiger partial charge in [-0.25, -0.2) is 0 Å². The van der Waals surface area contributed by atoms with Gasteiger partial charge in [-0.2, -0.15) is 0 Å². The number of likely N-dealkylation sites (N-methyl/N-ethyl adjacent to an activating group) is 1. The van der Waals surface area contributed by atoms with E-state index >= 15 is 0 Å². The fourth-order valence-corrected chi connectivity index (χ4v) is 4.51. The van der Waals surface area contributed by atoms with E-state index in [2.05, 4.69) is 47.5 Å². The van der Waals surface area contributed by atoms with Gasteiger partial charge in [0.05, 0.1) is 6.04 Å². The highest BCUT2D eigenvalue weighted by Gasteiger charge is 2.33. The lowest BCUT2D eigenvalue weighted by Gasteiger charge is -2.41. The number of rotatable bonds is 4. The number of hydrogen-bond donors (Lipinski definition) is 1. The third kappa shape index (κ3) is 4.08. The Hall–Kier alpha value is -1.04. The quantitative estimate of drug-likeness (QED) is 0.916. The van der Waals surface area contributed by atoms with E-state index in [4.69, 9.17) is 0 Å². The van der Waals surface area contributed by atoms with Gasteiger partial charge in [0.15, 0.2) is 0 Å². The summed E-state index contributed by atoms with van der Waals surface area (Å²) in [6.45, 7) is 4.36. The number of piperidine rings is 1. The molecule has 0 saturated carbocycles. The Bertz CT molecular complexity index is 518. The summed E-state index contributed by atoms with van der Waals surface area (Å²) in [5, 5.41) is 3.29. The van der Waals surface area contributed by atoms with Crippen molar-refractivity contribution in [2.45, 2.75) is 44.4 Å². The van der Waals surface area contributed by atoms with E-state index < -0.39 is 0 Å². The second-order valence-electron chi connectivity index (χ2n) is 6.70. The summed E-state index contributed by atoms with van der Waals surface area (Å²) < 4.78 is 0. The summed E-state index contributed by atoms with van der Waals surface area (Å²) in [7, 11) is 1.98. The monoisotopic (exact) mass is 333 g/mol. The molecule has 1 N–H and O–H groups in total. The fraction of sp³-hybridized carbons (Fsp3) is 0.611. The van der Waals surface area contributed by atoms with Crippen molar-refractivity contribution >= 4 is 17.7 Å². The van der Waals surface area contributed by atoms with E-state index in [1.807, 2.05) is 23.7 Å². The maximum atomic E-state index is 12.6. The standard InChI is InChI=1S/C18H27N3OS/c1-14-10-16(20(2)18(22)17-12-23-13-19-17)8-9-21(14)11-15-6-4-3-5-7-15/h3-7,14,16-17,19H,8-13H2,1-2H3. The molecule has 2 heterocycles. The first-order valence-electron chi connectivity index (χ1n) is 8.51. The number of carbonyl (C=O) groups excluding carboxylic acids is 1. The lowest BCUT2D eigenvalue weighted by Crippen LogP contribution is -2.52. The molecule has 5 heteroatoms. The third-order valence-corrected chi connectivity index (χ3v) is 6.06. The van der Waals surface area contributed by atoms with Gasteiger partial charge in [0, 0.05) is 43.9 Å². The van der Waals surface area contributed by atoms with Crippen LogP contribution in [0.25, 0.3) is 0 Å². The number of carbonyl (C=O) groups is 1. The van der Waals surface area contributed by atoms with Crippen molar-refractivity contribution in [1.29, 1.82) is 0 Å². The van der Waals surface area contributed by atoms with E-state index in [1.54, 1.807) is 0 Å². The Morgan fingerprint density at radius 1 is 1.39 bits per heavy atom. The number of amides is 1. The number of likely N-dealkylation sites (tertiary alicyclic amines) is 1. The molecule has 2 aliphatic rings. The molecule has 2 aliphatic heterocycles. The van der Waals surface area contributed by atoms with Crippen molar-refractivity contribution in [2.24, 2.45) is 0 Å². The average Bonchev–Trinajstić information content (AvgIpc) is 3.11. The molecule has 23 heavy (non-hydrogen) atoms. The van der Waals surface area contributed by atoms with Crippen molar-refractivity contribution in [3.63, 3.8) is 0 Å². The first-order chi connectivity index (χ1) is 11.1. The molecule has 1 aromatic carbocycles. The van der Waals surface area contributed by atoms with Crippen LogP contribution in [0.15, 0.2) is 30.3 Å². The van der Waals surface area contributed by atoms with Gasteiger partial charge in [-0.15, -0.1) is 11.8 Å². The second-order valence-corrected chi connectivity index (χ2v) is 7.73. The Kier molecular flexibility index (Phi) is 5.62. The van der Waals surface area contributed by atoms with Gasteiger partial charge in [-0.05, 0) is 25.3 Å². The van der Waals surface area contributed by atoms with Crippen LogP contribution >= 0.6 is 11.8 Å². The maximum absolute atomic E-state index is 12.6. The van der Waals surface area contributed by atoms with Crippen LogP contribution in [0.5, 0.6) is 0 Å². The molecule has 3 unspecified atom stereocenters. The highest BCUT2D eigenvalue weighted by molar-refractivity contribution is 7.99. The topological polar surface area (TPSA) is 35.6 Å². The predicted molar refractivity (Wildman–Crippen MR) is 96.4 cm³/mol. The zero-order valence-electron chi connectivity index (χ0n) is 14.1. The van der Waals surface area contributed by atoms with Crippen molar-refractivity contribution in [1.82, 2.24) is 15.1 Å². The van der Waals surface area contributed by atoms with E-state index in [9.17, 15) is 4.79 Å². The van der Waals surface area contributed by atoms with Crippen molar-refractivity contribution in [3.8, 4) is 0 Å². The molecule has 3 atom stereocenters. The molecule has 1 amide bonds. The summed E-state index contributed by atoms with van der Waals surface area (Å²) in [6.07, 6.45) is 2.13. The van der Waals surface area contributed by atoms with Crippen LogP contribution in [0.3, 0.4) is 0 Å². The van der Waals surface area contributed by atoms with Gasteiger partial charge in [0.25, 0.3) is 0 Å². The van der Waals surface area contributed by atoms with Crippen LogP contribution in [0.1, 0.15) is 25.3 Å². The first-order valence-corrected chi connectivity index (χ1v) is 9.66. The summed E-state index contributed by atoms with van der Waals surface area (Å²) in [6, 6.07) is 11.6. The number of nitrogens with one attached hydrogen (secondary N) is 1. The Labute approximate surface area is 143 Å². The van der Waals surface area contributed by atoms with Crippen LogP contribution in [0, 0.1) is 0 Å². The molecule has 0 aliphatic carbocycles. The normalized spacial score (nSPS) is 28.7. The van der Waals surface area contributed by atoms with Crippen LogP contribution in [-0.2, 0) is 11.3 Å². The van der Waals surface area contributed by atoms with Gasteiger partial charge < -0.3 is 4.90 Å². The number of hydrogen-bond acceptors (Lipinski definition) is 4. The fourth-order valence-electron chi connectivity index (χ4n) is 3.58. The van der Waals surface area contributed by atoms with Gasteiger partial charge in [0.2, 0.25) is 5.91 Å². The molecular formula is C18H27N3OS. The molecule has 2 fully saturated rings. The molecule has 3 rings (SSSR count). The van der Waals surface area contributed by atoms with E-state index in [0.717, 1.165) is 37.6 Å². The molecule has 0 radical (unpaired) electrons. The Morgan fingerprint density at radius 3 is 2.83 bits per heavy atom. The Morgan fingerprint density at radius 2 is 2.17 bits per heavy atom. The summed E-state index contributed by atoms with van der Waals surface area (Å²) >= 11 is 1.81. The van der Waals surface area contributed by atoms with Gasteiger partial charge in [-0.3, -0.25) is 15.0 Å². The van der Waals surface area contributed by atoms with Gasteiger partial charge in [0.1, 0.15) is 0 Å². The van der Waals surface area contributed by atoms with Crippen LogP contribution in [0.4, 0.5) is 0 Å². The van der Waals surface area contributed by atoms with E-state index in [0.29, 0.717) is 12.1 Å². The zero-order chi connectivity index (χ0) is 16.2. The van der Waals surface area contributed by atoms with Crippen LogP contribution in [-0.4, -0.2) is 59.1 Å². The first kappa shape index (κ1) is 16.8. The summed E-state index contributed by atoms with van der Waals surface area (Å²) in [4.78, 5) is 17.1. The van der Waals surface area contributed by atoms with Crippen molar-refractivity contribution < 1.29 is 4.79 Å². The molecule has 126 valence electrons. The molecule has 0 bridgehead atoms. The average molecular weight is 334 g/mol. The zero-order valence-corrected chi connectivity index (χ0v) is 14.9. The summed E-state index contributed by atoms with van der Waals surface area (Å²) in [5.41, 5.74) is 1.37. The smallest absolute Gasteiger partial charge is 0.240 e. The molecule has 0 spiro atoms. The minimum atomic E-state index is 0.0163. The summed E-state index contributed by atoms with van der Waals surface area (Å²) in [5.74, 6) is 2.07. The van der Waals surface area contributed by atoms with E-state index in [-0.39, 0.29) is 11.9 Å². The van der Waals surface area contributed by atoms with Gasteiger partial charge in [-0.1, -0.05) is 30.3 Å². The molecule has 1 aromatic rings. The molecule has 2 saturated heterocycles. The minimum absolute atomic E-state index is 0.0163. The van der Waals surface area contributed by atoms with Crippen molar-refractivity contribution in [3.05, 3.63) is 35.9 Å². The molecule has 0 aromatic heterocycles. The molecule has 4 nitrogen and oxygen atoms in total. The van der Waals surface area contributed by atoms with Crippen LogP contribution in [0.2, 0.25) is 0 Å². The second kappa shape index (κ2) is 7.69. The van der Waals surface area contributed by atoms with Crippen molar-refractivity contribution in [2.75, 3.05) is 25.2 Å². The number of benzene rings is 1. The number of thioether (sulfide) groups is 1.